The van der Waals surface area contributed by atoms with Crippen molar-refractivity contribution in [1.82, 2.24) is 5.32 Å². The summed E-state index contributed by atoms with van der Waals surface area (Å²) in [6.45, 7) is 7.93. The highest BCUT2D eigenvalue weighted by molar-refractivity contribution is 5.89. The van der Waals surface area contributed by atoms with E-state index in [2.05, 4.69) is 5.32 Å². The van der Waals surface area contributed by atoms with Gasteiger partial charge in [-0.3, -0.25) is 4.79 Å². The topological polar surface area (TPSA) is 84.9 Å². The number of aliphatic carboxylic acids is 1. The zero-order chi connectivity index (χ0) is 16.3. The van der Waals surface area contributed by atoms with Gasteiger partial charge in [-0.1, -0.05) is 13.8 Å². The molecule has 1 aliphatic carbocycles. The van der Waals surface area contributed by atoms with Crippen molar-refractivity contribution in [3.63, 3.8) is 0 Å². The first-order valence-corrected chi connectivity index (χ1v) is 7.40. The Bertz CT molecular complexity index is 396. The van der Waals surface area contributed by atoms with Crippen molar-refractivity contribution in [3.05, 3.63) is 0 Å². The highest BCUT2D eigenvalue weighted by atomic mass is 16.5. The Morgan fingerprint density at radius 2 is 2.05 bits per heavy atom. The number of ether oxygens (including phenoxy) is 2. The van der Waals surface area contributed by atoms with Gasteiger partial charge in [0, 0.05) is 32.0 Å². The van der Waals surface area contributed by atoms with E-state index in [0.29, 0.717) is 19.4 Å². The van der Waals surface area contributed by atoms with Crippen molar-refractivity contribution < 1.29 is 24.2 Å². The first kappa shape index (κ1) is 17.9. The lowest BCUT2D eigenvalue weighted by Crippen LogP contribution is -2.76. The summed E-state index contributed by atoms with van der Waals surface area (Å²) in [5.41, 5.74) is -1.89. The van der Waals surface area contributed by atoms with Crippen LogP contribution < -0.4 is 5.32 Å². The zero-order valence-electron chi connectivity index (χ0n) is 13.6. The molecule has 0 heterocycles. The maximum absolute atomic E-state index is 12.1. The molecule has 1 aliphatic rings. The van der Waals surface area contributed by atoms with Gasteiger partial charge in [0.1, 0.15) is 5.54 Å². The molecular formula is C15H27NO5. The van der Waals surface area contributed by atoms with E-state index in [1.807, 2.05) is 27.7 Å². The third-order valence-electron chi connectivity index (χ3n) is 4.66. The van der Waals surface area contributed by atoms with Gasteiger partial charge in [-0.2, -0.15) is 0 Å². The third-order valence-corrected chi connectivity index (χ3v) is 4.66. The summed E-state index contributed by atoms with van der Waals surface area (Å²) in [7, 11) is 1.59. The molecule has 0 aliphatic heterocycles. The molecule has 6 nitrogen and oxygen atoms in total. The minimum Gasteiger partial charge on any atom is -0.479 e. The van der Waals surface area contributed by atoms with Gasteiger partial charge in [0.15, 0.2) is 0 Å². The van der Waals surface area contributed by atoms with Crippen LogP contribution in [0.2, 0.25) is 0 Å². The Morgan fingerprint density at radius 1 is 1.43 bits per heavy atom. The van der Waals surface area contributed by atoms with Gasteiger partial charge >= 0.3 is 5.97 Å². The number of amides is 1. The van der Waals surface area contributed by atoms with Crippen molar-refractivity contribution in [1.29, 1.82) is 0 Å². The van der Waals surface area contributed by atoms with Crippen LogP contribution in [-0.4, -0.2) is 48.4 Å². The SMILES string of the molecule is CCOC1CC(NC(=O)CCC(C)OC)(C(=O)O)C1(C)C. The van der Waals surface area contributed by atoms with Crippen LogP contribution in [-0.2, 0) is 19.1 Å². The van der Waals surface area contributed by atoms with E-state index in [0.717, 1.165) is 0 Å². The van der Waals surface area contributed by atoms with E-state index in [-0.39, 0.29) is 24.5 Å². The van der Waals surface area contributed by atoms with E-state index in [1.165, 1.54) is 0 Å². The van der Waals surface area contributed by atoms with Crippen molar-refractivity contribution >= 4 is 11.9 Å². The molecule has 1 amide bonds. The molecule has 3 atom stereocenters. The largest absolute Gasteiger partial charge is 0.479 e. The van der Waals surface area contributed by atoms with Crippen LogP contribution in [0.4, 0.5) is 0 Å². The average Bonchev–Trinajstić information content (AvgIpc) is 2.42. The molecule has 2 N–H and O–H groups in total. The molecule has 0 radical (unpaired) electrons. The number of carboxylic acids is 1. The Balaban J connectivity index is 2.72. The molecule has 0 aromatic carbocycles. The van der Waals surface area contributed by atoms with Gasteiger partial charge in [0.2, 0.25) is 5.91 Å². The summed E-state index contributed by atoms with van der Waals surface area (Å²) in [5.74, 6) is -1.26. The van der Waals surface area contributed by atoms with Gasteiger partial charge in [-0.05, 0) is 20.3 Å². The highest BCUT2D eigenvalue weighted by Crippen LogP contribution is 2.51. The second kappa shape index (κ2) is 6.75. The van der Waals surface area contributed by atoms with Gasteiger partial charge in [-0.15, -0.1) is 0 Å². The van der Waals surface area contributed by atoms with E-state index in [1.54, 1.807) is 7.11 Å². The first-order chi connectivity index (χ1) is 9.71. The summed E-state index contributed by atoms with van der Waals surface area (Å²) in [6.07, 6.45) is 0.931. The van der Waals surface area contributed by atoms with Crippen molar-refractivity contribution in [3.8, 4) is 0 Å². The Morgan fingerprint density at radius 3 is 2.48 bits per heavy atom. The molecule has 21 heavy (non-hydrogen) atoms. The highest BCUT2D eigenvalue weighted by Gasteiger charge is 2.66. The molecule has 1 fully saturated rings. The third kappa shape index (κ3) is 3.37. The lowest BCUT2D eigenvalue weighted by molar-refractivity contribution is -0.194. The number of carboxylic acid groups (broad SMARTS) is 1. The number of hydrogen-bond acceptors (Lipinski definition) is 4. The van der Waals surface area contributed by atoms with E-state index < -0.39 is 16.9 Å². The average molecular weight is 301 g/mol. The zero-order valence-corrected chi connectivity index (χ0v) is 13.6. The summed E-state index contributed by atoms with van der Waals surface area (Å²) < 4.78 is 10.7. The summed E-state index contributed by atoms with van der Waals surface area (Å²) >= 11 is 0. The molecule has 0 spiro atoms. The maximum Gasteiger partial charge on any atom is 0.330 e. The molecule has 1 saturated carbocycles. The van der Waals surface area contributed by atoms with Crippen LogP contribution in [0.5, 0.6) is 0 Å². The minimum absolute atomic E-state index is 0.0258. The molecule has 1 rings (SSSR count). The second-order valence-electron chi connectivity index (χ2n) is 6.21. The number of nitrogens with one attached hydrogen (secondary N) is 1. The standard InChI is InChI=1S/C15H27NO5/c1-6-21-11-9-15(13(18)19,14(11,3)4)16-12(17)8-7-10(2)20-5/h10-11H,6-9H2,1-5H3,(H,16,17)(H,18,19). The summed E-state index contributed by atoms with van der Waals surface area (Å²) in [4.78, 5) is 23.8. The van der Waals surface area contributed by atoms with Crippen LogP contribution >= 0.6 is 0 Å². The first-order valence-electron chi connectivity index (χ1n) is 7.40. The maximum atomic E-state index is 12.1. The molecule has 122 valence electrons. The van der Waals surface area contributed by atoms with Crippen LogP contribution in [0, 0.1) is 5.41 Å². The summed E-state index contributed by atoms with van der Waals surface area (Å²) in [5, 5.41) is 12.3. The summed E-state index contributed by atoms with van der Waals surface area (Å²) in [6, 6.07) is 0. The van der Waals surface area contributed by atoms with Crippen LogP contribution in [0.3, 0.4) is 0 Å². The molecule has 0 bridgehead atoms. The molecule has 0 saturated heterocycles. The lowest BCUT2D eigenvalue weighted by Gasteiger charge is -2.58. The van der Waals surface area contributed by atoms with Crippen LogP contribution in [0.25, 0.3) is 0 Å². The fourth-order valence-electron chi connectivity index (χ4n) is 2.79. The molecule has 3 unspecified atom stereocenters. The van der Waals surface area contributed by atoms with Gasteiger partial charge in [-0.25, -0.2) is 4.79 Å². The van der Waals surface area contributed by atoms with Gasteiger partial charge in [0.25, 0.3) is 0 Å². The fourth-order valence-corrected chi connectivity index (χ4v) is 2.79. The molecular weight excluding hydrogens is 274 g/mol. The van der Waals surface area contributed by atoms with Crippen molar-refractivity contribution in [2.24, 2.45) is 5.41 Å². The van der Waals surface area contributed by atoms with E-state index in [9.17, 15) is 14.7 Å². The number of carbonyl (C=O) groups is 2. The monoisotopic (exact) mass is 301 g/mol. The van der Waals surface area contributed by atoms with Gasteiger partial charge in [0.05, 0.1) is 12.2 Å². The van der Waals surface area contributed by atoms with E-state index >= 15 is 0 Å². The molecule has 0 aromatic rings. The normalized spacial score (nSPS) is 28.5. The van der Waals surface area contributed by atoms with Crippen molar-refractivity contribution in [2.75, 3.05) is 13.7 Å². The number of rotatable bonds is 8. The minimum atomic E-state index is -1.25. The second-order valence-corrected chi connectivity index (χ2v) is 6.21. The smallest absolute Gasteiger partial charge is 0.330 e. The van der Waals surface area contributed by atoms with Crippen LogP contribution in [0.1, 0.15) is 47.0 Å². The predicted molar refractivity (Wildman–Crippen MR) is 78.0 cm³/mol. The Hall–Kier alpha value is -1.14. The quantitative estimate of drug-likeness (QED) is 0.711. The molecule has 0 aromatic heterocycles. The Labute approximate surface area is 126 Å². The van der Waals surface area contributed by atoms with Crippen LogP contribution in [0.15, 0.2) is 0 Å². The number of carbonyl (C=O) groups excluding carboxylic acids is 1. The number of hydrogen-bond donors (Lipinski definition) is 2. The van der Waals surface area contributed by atoms with Gasteiger partial charge < -0.3 is 19.9 Å². The van der Waals surface area contributed by atoms with E-state index in [4.69, 9.17) is 9.47 Å². The number of methoxy groups -OCH3 is 1. The predicted octanol–water partition coefficient (Wildman–Crippen LogP) is 1.58. The van der Waals surface area contributed by atoms with Crippen molar-refractivity contribution in [2.45, 2.75) is 64.7 Å². The Kier molecular flexibility index (Phi) is 5.75. The molecule has 6 heteroatoms. The fraction of sp³-hybridized carbons (Fsp3) is 0.867. The lowest BCUT2D eigenvalue weighted by atomic mass is 9.54.